The lowest BCUT2D eigenvalue weighted by molar-refractivity contribution is 0.358. The molecular weight excluding hydrogens is 220 g/mol. The minimum absolute atomic E-state index is 0.879. The van der Waals surface area contributed by atoms with Gasteiger partial charge in [-0.25, -0.2) is 0 Å². The monoisotopic (exact) mass is 246 g/mol. The van der Waals surface area contributed by atoms with Crippen molar-refractivity contribution in [1.29, 1.82) is 0 Å². The Kier molecular flexibility index (Phi) is 5.21. The van der Waals surface area contributed by atoms with Gasteiger partial charge < -0.3 is 10.6 Å². The summed E-state index contributed by atoms with van der Waals surface area (Å²) in [6.45, 7) is 9.07. The van der Waals surface area contributed by atoms with Gasteiger partial charge in [-0.2, -0.15) is 0 Å². The van der Waals surface area contributed by atoms with E-state index in [4.69, 9.17) is 0 Å². The molecule has 0 atom stereocenters. The van der Waals surface area contributed by atoms with Crippen LogP contribution in [0, 0.1) is 19.8 Å². The highest BCUT2D eigenvalue weighted by Crippen LogP contribution is 2.12. The lowest BCUT2D eigenvalue weighted by Gasteiger charge is -2.22. The maximum Gasteiger partial charge on any atom is -0.000813 e. The number of aryl methyl sites for hydroxylation is 2. The molecule has 1 fully saturated rings. The molecule has 1 aliphatic rings. The highest BCUT2D eigenvalue weighted by atomic mass is 14.9. The topological polar surface area (TPSA) is 24.1 Å². The van der Waals surface area contributed by atoms with Crippen molar-refractivity contribution in [3.05, 3.63) is 34.9 Å². The second-order valence-electron chi connectivity index (χ2n) is 5.58. The molecule has 1 aliphatic heterocycles. The van der Waals surface area contributed by atoms with Crippen LogP contribution in [0.4, 0.5) is 0 Å². The molecule has 0 unspecified atom stereocenters. The van der Waals surface area contributed by atoms with E-state index in [0.717, 1.165) is 18.9 Å². The van der Waals surface area contributed by atoms with Gasteiger partial charge in [0.1, 0.15) is 0 Å². The van der Waals surface area contributed by atoms with Crippen LogP contribution in [-0.4, -0.2) is 26.2 Å². The summed E-state index contributed by atoms with van der Waals surface area (Å²) in [5, 5.41) is 7.04. The van der Waals surface area contributed by atoms with E-state index in [9.17, 15) is 0 Å². The third kappa shape index (κ3) is 4.11. The lowest BCUT2D eigenvalue weighted by Crippen LogP contribution is -2.34. The molecule has 0 saturated carbocycles. The highest BCUT2D eigenvalue weighted by molar-refractivity contribution is 5.30. The van der Waals surface area contributed by atoms with E-state index in [1.165, 1.54) is 49.2 Å². The van der Waals surface area contributed by atoms with Crippen molar-refractivity contribution in [1.82, 2.24) is 10.6 Å². The molecule has 2 heteroatoms. The van der Waals surface area contributed by atoms with Crippen LogP contribution in [0.15, 0.2) is 18.2 Å². The molecule has 0 aliphatic carbocycles. The van der Waals surface area contributed by atoms with Gasteiger partial charge in [0.25, 0.3) is 0 Å². The number of nitrogens with one attached hydrogen (secondary N) is 2. The summed E-state index contributed by atoms with van der Waals surface area (Å²) >= 11 is 0. The predicted molar refractivity (Wildman–Crippen MR) is 78.1 cm³/mol. The predicted octanol–water partition coefficient (Wildman–Crippen LogP) is 2.44. The van der Waals surface area contributed by atoms with Crippen LogP contribution in [0.3, 0.4) is 0 Å². The van der Waals surface area contributed by atoms with Crippen molar-refractivity contribution in [2.45, 2.75) is 33.1 Å². The van der Waals surface area contributed by atoms with E-state index in [1.807, 2.05) is 0 Å². The molecule has 0 aromatic heterocycles. The molecule has 1 heterocycles. The van der Waals surface area contributed by atoms with E-state index < -0.39 is 0 Å². The number of piperidine rings is 1. The van der Waals surface area contributed by atoms with E-state index >= 15 is 0 Å². The maximum absolute atomic E-state index is 3.62. The smallest absolute Gasteiger partial charge is 0.000813 e. The molecule has 2 N–H and O–H groups in total. The molecular formula is C16H26N2. The molecule has 0 amide bonds. The molecule has 1 aromatic carbocycles. The Bertz CT molecular complexity index is 367. The Labute approximate surface area is 111 Å². The summed E-state index contributed by atoms with van der Waals surface area (Å²) < 4.78 is 0. The Hall–Kier alpha value is -0.860. The largest absolute Gasteiger partial charge is 0.317 e. The molecule has 18 heavy (non-hydrogen) atoms. The molecule has 1 saturated heterocycles. The molecule has 100 valence electrons. The zero-order chi connectivity index (χ0) is 12.8. The van der Waals surface area contributed by atoms with Crippen LogP contribution < -0.4 is 10.6 Å². The zero-order valence-corrected chi connectivity index (χ0v) is 11.8. The van der Waals surface area contributed by atoms with Gasteiger partial charge >= 0.3 is 0 Å². The van der Waals surface area contributed by atoms with E-state index in [0.29, 0.717) is 0 Å². The summed E-state index contributed by atoms with van der Waals surface area (Å²) in [6, 6.07) is 6.75. The van der Waals surface area contributed by atoms with Gasteiger partial charge in [-0.05, 0) is 76.3 Å². The molecule has 1 aromatic rings. The molecule has 0 bridgehead atoms. The van der Waals surface area contributed by atoms with E-state index in [2.05, 4.69) is 42.7 Å². The second-order valence-corrected chi connectivity index (χ2v) is 5.58. The zero-order valence-electron chi connectivity index (χ0n) is 11.8. The van der Waals surface area contributed by atoms with Crippen LogP contribution in [0.1, 0.15) is 29.5 Å². The van der Waals surface area contributed by atoms with Crippen LogP contribution in [0.5, 0.6) is 0 Å². The maximum atomic E-state index is 3.62. The Morgan fingerprint density at radius 2 is 2.00 bits per heavy atom. The average Bonchev–Trinajstić information content (AvgIpc) is 2.40. The van der Waals surface area contributed by atoms with Crippen molar-refractivity contribution in [3.63, 3.8) is 0 Å². The van der Waals surface area contributed by atoms with Gasteiger partial charge in [-0.1, -0.05) is 23.8 Å². The fourth-order valence-corrected chi connectivity index (χ4v) is 2.68. The first-order valence-corrected chi connectivity index (χ1v) is 7.23. The van der Waals surface area contributed by atoms with Crippen molar-refractivity contribution < 1.29 is 0 Å². The van der Waals surface area contributed by atoms with Gasteiger partial charge in [0, 0.05) is 0 Å². The van der Waals surface area contributed by atoms with Crippen molar-refractivity contribution >= 4 is 0 Å². The Morgan fingerprint density at radius 3 is 2.78 bits per heavy atom. The fourth-order valence-electron chi connectivity index (χ4n) is 2.68. The summed E-state index contributed by atoms with van der Waals surface area (Å²) in [4.78, 5) is 0. The number of rotatable bonds is 5. The van der Waals surface area contributed by atoms with Crippen molar-refractivity contribution in [2.24, 2.45) is 5.92 Å². The lowest BCUT2D eigenvalue weighted by atomic mass is 9.98. The van der Waals surface area contributed by atoms with Gasteiger partial charge in [0.15, 0.2) is 0 Å². The number of hydrogen-bond acceptors (Lipinski definition) is 2. The number of hydrogen-bond donors (Lipinski definition) is 2. The van der Waals surface area contributed by atoms with Crippen molar-refractivity contribution in [2.75, 3.05) is 26.2 Å². The molecule has 2 rings (SSSR count). The average molecular weight is 246 g/mol. The normalized spacial score (nSPS) is 17.0. The Balaban J connectivity index is 1.69. The minimum atomic E-state index is 0.879. The summed E-state index contributed by atoms with van der Waals surface area (Å²) in [5.41, 5.74) is 4.28. The minimum Gasteiger partial charge on any atom is -0.317 e. The fraction of sp³-hybridized carbons (Fsp3) is 0.625. The molecule has 0 radical (unpaired) electrons. The number of benzene rings is 1. The standard InChI is InChI=1S/C16H26N2/c1-13-3-4-14(2)16(11-13)7-10-18-12-15-5-8-17-9-6-15/h3-4,11,15,17-18H,5-10,12H2,1-2H3. The van der Waals surface area contributed by atoms with Gasteiger partial charge in [0.05, 0.1) is 0 Å². The van der Waals surface area contributed by atoms with Crippen LogP contribution in [0.25, 0.3) is 0 Å². The van der Waals surface area contributed by atoms with E-state index in [-0.39, 0.29) is 0 Å². The van der Waals surface area contributed by atoms with Crippen LogP contribution in [-0.2, 0) is 6.42 Å². The first-order chi connectivity index (χ1) is 8.75. The van der Waals surface area contributed by atoms with Crippen molar-refractivity contribution in [3.8, 4) is 0 Å². The van der Waals surface area contributed by atoms with E-state index in [1.54, 1.807) is 0 Å². The first kappa shape index (κ1) is 13.6. The second kappa shape index (κ2) is 6.91. The van der Waals surface area contributed by atoms with Gasteiger partial charge in [0.2, 0.25) is 0 Å². The summed E-state index contributed by atoms with van der Waals surface area (Å²) in [5.74, 6) is 0.879. The SMILES string of the molecule is Cc1ccc(C)c(CCNCC2CCNCC2)c1. The van der Waals surface area contributed by atoms with Gasteiger partial charge in [-0.15, -0.1) is 0 Å². The molecule has 0 spiro atoms. The summed E-state index contributed by atoms with van der Waals surface area (Å²) in [7, 11) is 0. The quantitative estimate of drug-likeness (QED) is 0.780. The highest BCUT2D eigenvalue weighted by Gasteiger charge is 2.11. The van der Waals surface area contributed by atoms with Gasteiger partial charge in [-0.3, -0.25) is 0 Å². The third-order valence-electron chi connectivity index (χ3n) is 3.97. The third-order valence-corrected chi connectivity index (χ3v) is 3.97. The Morgan fingerprint density at radius 1 is 1.22 bits per heavy atom. The van der Waals surface area contributed by atoms with Crippen LogP contribution in [0.2, 0.25) is 0 Å². The summed E-state index contributed by atoms with van der Waals surface area (Å²) in [6.07, 6.45) is 3.81. The molecule has 2 nitrogen and oxygen atoms in total. The van der Waals surface area contributed by atoms with Crippen LogP contribution >= 0.6 is 0 Å². The first-order valence-electron chi connectivity index (χ1n) is 7.23.